The first-order chi connectivity index (χ1) is 14.2. The third kappa shape index (κ3) is 4.94. The van der Waals surface area contributed by atoms with E-state index in [1.54, 1.807) is 19.1 Å². The Bertz CT molecular complexity index is 1020. The molecule has 9 heteroatoms. The minimum absolute atomic E-state index is 0.0142. The number of rotatable bonds is 6. The van der Waals surface area contributed by atoms with E-state index in [1.807, 2.05) is 24.3 Å². The van der Waals surface area contributed by atoms with Crippen molar-refractivity contribution in [2.24, 2.45) is 5.92 Å². The minimum atomic E-state index is -3.78. The molecule has 0 spiro atoms. The van der Waals surface area contributed by atoms with Crippen LogP contribution in [-0.2, 0) is 21.4 Å². The molecule has 1 aliphatic heterocycles. The molecule has 0 bridgehead atoms. The summed E-state index contributed by atoms with van der Waals surface area (Å²) in [5, 5.41) is -0.236. The highest BCUT2D eigenvalue weighted by Crippen LogP contribution is 2.27. The molecule has 2 aromatic rings. The van der Waals surface area contributed by atoms with E-state index in [2.05, 4.69) is 0 Å². The molecule has 1 heterocycles. The Hall–Kier alpha value is -2.16. The van der Waals surface area contributed by atoms with E-state index >= 15 is 0 Å². The molecule has 1 amide bonds. The molecule has 0 unspecified atom stereocenters. The van der Waals surface area contributed by atoms with E-state index in [0.717, 1.165) is 23.4 Å². The molecule has 0 radical (unpaired) electrons. The lowest BCUT2D eigenvalue weighted by atomic mass is 9.96. The monoisotopic (exact) mass is 454 g/mol. The van der Waals surface area contributed by atoms with Crippen molar-refractivity contribution >= 4 is 27.5 Å². The Morgan fingerprint density at radius 2 is 1.93 bits per heavy atom. The summed E-state index contributed by atoms with van der Waals surface area (Å²) in [6.07, 6.45) is 0.852. The number of ether oxygens (including phenoxy) is 1. The van der Waals surface area contributed by atoms with Crippen LogP contribution in [0.1, 0.15) is 18.4 Å². The average molecular weight is 455 g/mol. The SMILES string of the molecule is COc1cccc(CN(C)C(=O)C2CCN(S(=O)(=O)c3ccc(F)c(Cl)c3)CC2)c1. The first-order valence-electron chi connectivity index (χ1n) is 9.55. The summed E-state index contributed by atoms with van der Waals surface area (Å²) in [4.78, 5) is 14.4. The number of hydrogen-bond donors (Lipinski definition) is 0. The molecule has 1 saturated heterocycles. The topological polar surface area (TPSA) is 66.9 Å². The van der Waals surface area contributed by atoms with Crippen LogP contribution >= 0.6 is 11.6 Å². The maximum atomic E-state index is 13.4. The lowest BCUT2D eigenvalue weighted by Gasteiger charge is -2.32. The molecule has 0 aliphatic carbocycles. The van der Waals surface area contributed by atoms with Gasteiger partial charge in [0.2, 0.25) is 15.9 Å². The maximum Gasteiger partial charge on any atom is 0.243 e. The molecule has 30 heavy (non-hydrogen) atoms. The van der Waals surface area contributed by atoms with E-state index in [4.69, 9.17) is 16.3 Å². The highest BCUT2D eigenvalue weighted by Gasteiger charge is 2.33. The van der Waals surface area contributed by atoms with Gasteiger partial charge in [0.25, 0.3) is 0 Å². The number of nitrogens with zero attached hydrogens (tertiary/aromatic N) is 2. The number of halogens is 2. The summed E-state index contributed by atoms with van der Waals surface area (Å²) in [7, 11) is -0.449. The molecule has 162 valence electrons. The number of amides is 1. The van der Waals surface area contributed by atoms with E-state index in [9.17, 15) is 17.6 Å². The van der Waals surface area contributed by atoms with Crippen LogP contribution in [0.5, 0.6) is 5.75 Å². The van der Waals surface area contributed by atoms with Crippen molar-refractivity contribution in [3.8, 4) is 5.75 Å². The van der Waals surface area contributed by atoms with Crippen LogP contribution in [0, 0.1) is 11.7 Å². The third-order valence-electron chi connectivity index (χ3n) is 5.26. The Kier molecular flexibility index (Phi) is 7.00. The molecule has 0 atom stereocenters. The first kappa shape index (κ1) is 22.5. The van der Waals surface area contributed by atoms with Crippen LogP contribution in [0.2, 0.25) is 5.02 Å². The van der Waals surface area contributed by atoms with Gasteiger partial charge in [0.1, 0.15) is 11.6 Å². The standard InChI is InChI=1S/C21H24ClFN2O4S/c1-24(14-15-4-3-5-17(12-15)29-2)21(26)16-8-10-25(11-9-16)30(27,28)18-6-7-20(23)19(22)13-18/h3-7,12-13,16H,8-11,14H2,1-2H3. The van der Waals surface area contributed by atoms with Crippen molar-refractivity contribution in [1.29, 1.82) is 0 Å². The van der Waals surface area contributed by atoms with E-state index < -0.39 is 15.8 Å². The van der Waals surface area contributed by atoms with E-state index in [1.165, 1.54) is 10.4 Å². The summed E-state index contributed by atoms with van der Waals surface area (Å²) in [6, 6.07) is 10.9. The maximum absolute atomic E-state index is 13.4. The quantitative estimate of drug-likeness (QED) is 0.669. The van der Waals surface area contributed by atoms with Crippen LogP contribution in [0.25, 0.3) is 0 Å². The zero-order valence-electron chi connectivity index (χ0n) is 16.8. The molecule has 0 aromatic heterocycles. The van der Waals surface area contributed by atoms with Crippen molar-refractivity contribution in [2.45, 2.75) is 24.3 Å². The Labute approximate surface area is 181 Å². The van der Waals surface area contributed by atoms with Gasteiger partial charge in [-0.05, 0) is 48.7 Å². The predicted octanol–water partition coefficient (Wildman–Crippen LogP) is 3.55. The molecule has 2 aromatic carbocycles. The summed E-state index contributed by atoms with van der Waals surface area (Å²) in [5.41, 5.74) is 0.957. The molecular formula is C21H24ClFN2O4S. The third-order valence-corrected chi connectivity index (χ3v) is 7.45. The van der Waals surface area contributed by atoms with Crippen LogP contribution in [0.15, 0.2) is 47.4 Å². The van der Waals surface area contributed by atoms with Crippen LogP contribution in [0.3, 0.4) is 0 Å². The summed E-state index contributed by atoms with van der Waals surface area (Å²) < 4.78 is 45.5. The minimum Gasteiger partial charge on any atom is -0.497 e. The van der Waals surface area contributed by atoms with Gasteiger partial charge in [0.15, 0.2) is 0 Å². The van der Waals surface area contributed by atoms with Gasteiger partial charge < -0.3 is 9.64 Å². The van der Waals surface area contributed by atoms with Gasteiger partial charge in [-0.2, -0.15) is 4.31 Å². The fraction of sp³-hybridized carbons (Fsp3) is 0.381. The van der Waals surface area contributed by atoms with Gasteiger partial charge >= 0.3 is 0 Å². The lowest BCUT2D eigenvalue weighted by molar-refractivity contribution is -0.135. The lowest BCUT2D eigenvalue weighted by Crippen LogP contribution is -2.43. The van der Waals surface area contributed by atoms with Crippen molar-refractivity contribution in [2.75, 3.05) is 27.2 Å². The van der Waals surface area contributed by atoms with Crippen LogP contribution in [-0.4, -0.2) is 50.8 Å². The van der Waals surface area contributed by atoms with Crippen molar-refractivity contribution in [3.05, 3.63) is 58.9 Å². The van der Waals surface area contributed by atoms with Gasteiger partial charge in [-0.1, -0.05) is 23.7 Å². The van der Waals surface area contributed by atoms with Crippen molar-refractivity contribution in [3.63, 3.8) is 0 Å². The van der Waals surface area contributed by atoms with Gasteiger partial charge in [-0.25, -0.2) is 12.8 Å². The normalized spacial score (nSPS) is 15.7. The molecular weight excluding hydrogens is 431 g/mol. The Morgan fingerprint density at radius 3 is 2.57 bits per heavy atom. The molecule has 0 saturated carbocycles. The number of benzene rings is 2. The molecule has 3 rings (SSSR count). The van der Waals surface area contributed by atoms with Crippen LogP contribution in [0.4, 0.5) is 4.39 Å². The number of methoxy groups -OCH3 is 1. The number of piperidine rings is 1. The fourth-order valence-corrected chi connectivity index (χ4v) is 5.31. The Morgan fingerprint density at radius 1 is 1.23 bits per heavy atom. The second-order valence-electron chi connectivity index (χ2n) is 7.30. The number of sulfonamides is 1. The molecule has 6 nitrogen and oxygen atoms in total. The van der Waals surface area contributed by atoms with Gasteiger partial charge in [-0.3, -0.25) is 4.79 Å². The number of carbonyl (C=O) groups is 1. The molecule has 1 fully saturated rings. The van der Waals surface area contributed by atoms with E-state index in [0.29, 0.717) is 19.4 Å². The fourth-order valence-electron chi connectivity index (χ4n) is 3.56. The van der Waals surface area contributed by atoms with Gasteiger partial charge in [0, 0.05) is 32.6 Å². The zero-order chi connectivity index (χ0) is 21.9. The van der Waals surface area contributed by atoms with Gasteiger partial charge in [-0.15, -0.1) is 0 Å². The molecule has 1 aliphatic rings. The van der Waals surface area contributed by atoms with Crippen molar-refractivity contribution < 1.29 is 22.3 Å². The smallest absolute Gasteiger partial charge is 0.243 e. The number of hydrogen-bond acceptors (Lipinski definition) is 4. The number of carbonyl (C=O) groups excluding carboxylic acids is 1. The van der Waals surface area contributed by atoms with Gasteiger partial charge in [0.05, 0.1) is 17.0 Å². The summed E-state index contributed by atoms with van der Waals surface area (Å²) >= 11 is 5.73. The average Bonchev–Trinajstić information content (AvgIpc) is 2.75. The van der Waals surface area contributed by atoms with E-state index in [-0.39, 0.29) is 34.8 Å². The second kappa shape index (κ2) is 9.32. The predicted molar refractivity (Wildman–Crippen MR) is 112 cm³/mol. The Balaban J connectivity index is 1.61. The summed E-state index contributed by atoms with van der Waals surface area (Å²) in [6.45, 7) is 0.893. The van der Waals surface area contributed by atoms with Crippen molar-refractivity contribution in [1.82, 2.24) is 9.21 Å². The van der Waals surface area contributed by atoms with Crippen LogP contribution < -0.4 is 4.74 Å². The summed E-state index contributed by atoms with van der Waals surface area (Å²) in [5.74, 6) is -0.199. The highest BCUT2D eigenvalue weighted by molar-refractivity contribution is 7.89. The highest BCUT2D eigenvalue weighted by atomic mass is 35.5. The first-order valence-corrected chi connectivity index (χ1v) is 11.4. The largest absolute Gasteiger partial charge is 0.497 e. The zero-order valence-corrected chi connectivity index (χ0v) is 18.4. The second-order valence-corrected chi connectivity index (χ2v) is 9.65. The molecule has 0 N–H and O–H groups in total.